The fraction of sp³-hybridized carbons (Fsp3) is 0.867. The van der Waals surface area contributed by atoms with Gasteiger partial charge in [-0.2, -0.15) is 0 Å². The van der Waals surface area contributed by atoms with Gasteiger partial charge in [-0.3, -0.25) is 9.59 Å². The summed E-state index contributed by atoms with van der Waals surface area (Å²) < 4.78 is 5.36. The molecule has 0 saturated carbocycles. The van der Waals surface area contributed by atoms with E-state index >= 15 is 0 Å². The van der Waals surface area contributed by atoms with E-state index in [-0.39, 0.29) is 17.2 Å². The van der Waals surface area contributed by atoms with Gasteiger partial charge < -0.3 is 15.0 Å². The van der Waals surface area contributed by atoms with Gasteiger partial charge in [-0.05, 0) is 24.2 Å². The van der Waals surface area contributed by atoms with Crippen molar-refractivity contribution in [2.75, 3.05) is 26.3 Å². The molecule has 1 N–H and O–H groups in total. The van der Waals surface area contributed by atoms with Gasteiger partial charge in [0.1, 0.15) is 6.04 Å². The lowest BCUT2D eigenvalue weighted by molar-refractivity contribution is -0.137. The zero-order chi connectivity index (χ0) is 14.8. The maximum Gasteiger partial charge on any atom is 0.245 e. The lowest BCUT2D eigenvalue weighted by Gasteiger charge is -2.34. The van der Waals surface area contributed by atoms with Crippen LogP contribution in [0.2, 0.25) is 0 Å². The minimum atomic E-state index is -0.419. The number of nitrogens with zero attached hydrogens (tertiary/aromatic N) is 1. The normalized spacial score (nSPS) is 26.4. The smallest absolute Gasteiger partial charge is 0.245 e. The van der Waals surface area contributed by atoms with Crippen LogP contribution in [-0.2, 0) is 14.3 Å². The summed E-state index contributed by atoms with van der Waals surface area (Å²) in [5, 5.41) is 2.88. The summed E-state index contributed by atoms with van der Waals surface area (Å²) in [6, 6.07) is -0.419. The second kappa shape index (κ2) is 6.12. The first-order valence-electron chi connectivity index (χ1n) is 7.54. The standard InChI is InChI=1S/C15H26N2O3/c1-15(2,3)13-14(19)17(7-4-12(18)16-13)10-11-5-8-20-9-6-11/h11,13H,4-10H2,1-3H3,(H,16,18). The van der Waals surface area contributed by atoms with Gasteiger partial charge in [0, 0.05) is 32.7 Å². The number of hydrogen-bond acceptors (Lipinski definition) is 3. The third-order valence-corrected chi connectivity index (χ3v) is 4.16. The van der Waals surface area contributed by atoms with E-state index in [1.165, 1.54) is 0 Å². The zero-order valence-corrected chi connectivity index (χ0v) is 12.8. The minimum Gasteiger partial charge on any atom is -0.381 e. The minimum absolute atomic E-state index is 0.0206. The molecule has 2 rings (SSSR count). The molecule has 0 bridgehead atoms. The molecule has 2 heterocycles. The molecule has 2 saturated heterocycles. The highest BCUT2D eigenvalue weighted by atomic mass is 16.5. The van der Waals surface area contributed by atoms with E-state index in [0.717, 1.165) is 32.6 Å². The Kier molecular flexibility index (Phi) is 4.68. The van der Waals surface area contributed by atoms with Crippen molar-refractivity contribution in [2.24, 2.45) is 11.3 Å². The van der Waals surface area contributed by atoms with E-state index in [2.05, 4.69) is 5.32 Å². The molecule has 5 heteroatoms. The van der Waals surface area contributed by atoms with Crippen molar-refractivity contribution < 1.29 is 14.3 Å². The van der Waals surface area contributed by atoms with Gasteiger partial charge in [0.2, 0.25) is 11.8 Å². The molecule has 2 aliphatic rings. The van der Waals surface area contributed by atoms with E-state index in [1.807, 2.05) is 25.7 Å². The number of hydrogen-bond donors (Lipinski definition) is 1. The summed E-state index contributed by atoms with van der Waals surface area (Å²) >= 11 is 0. The van der Waals surface area contributed by atoms with Gasteiger partial charge >= 0.3 is 0 Å². The zero-order valence-electron chi connectivity index (χ0n) is 12.8. The van der Waals surface area contributed by atoms with Crippen LogP contribution < -0.4 is 5.32 Å². The fourth-order valence-electron chi connectivity index (χ4n) is 2.83. The molecule has 0 radical (unpaired) electrons. The van der Waals surface area contributed by atoms with Crippen molar-refractivity contribution in [3.05, 3.63) is 0 Å². The molecule has 0 spiro atoms. The summed E-state index contributed by atoms with van der Waals surface area (Å²) in [6.07, 6.45) is 2.41. The third-order valence-electron chi connectivity index (χ3n) is 4.16. The first kappa shape index (κ1) is 15.3. The predicted octanol–water partition coefficient (Wildman–Crippen LogP) is 1.18. The number of carbonyl (C=O) groups is 2. The second-order valence-electron chi connectivity index (χ2n) is 6.96. The number of ether oxygens (including phenoxy) is 1. The SMILES string of the molecule is CC(C)(C)C1NC(=O)CCN(CC2CCOCC2)C1=O. The van der Waals surface area contributed by atoms with Gasteiger partial charge in [-0.1, -0.05) is 20.8 Å². The Morgan fingerprint density at radius 3 is 2.50 bits per heavy atom. The third kappa shape index (κ3) is 3.72. The molecule has 2 fully saturated rings. The predicted molar refractivity (Wildman–Crippen MR) is 76.1 cm³/mol. The quantitative estimate of drug-likeness (QED) is 0.827. The molecule has 0 aromatic rings. The van der Waals surface area contributed by atoms with Gasteiger partial charge in [0.05, 0.1) is 0 Å². The number of carbonyl (C=O) groups excluding carboxylic acids is 2. The number of rotatable bonds is 2. The van der Waals surface area contributed by atoms with Crippen molar-refractivity contribution >= 4 is 11.8 Å². The molecule has 1 unspecified atom stereocenters. The Balaban J connectivity index is 2.06. The molecule has 1 atom stereocenters. The summed E-state index contributed by atoms with van der Waals surface area (Å²) in [7, 11) is 0. The van der Waals surface area contributed by atoms with Crippen LogP contribution in [0, 0.1) is 11.3 Å². The van der Waals surface area contributed by atoms with Crippen LogP contribution in [0.25, 0.3) is 0 Å². The Hall–Kier alpha value is -1.10. The average Bonchev–Trinajstić information content (AvgIpc) is 2.52. The Morgan fingerprint density at radius 1 is 1.25 bits per heavy atom. The summed E-state index contributed by atoms with van der Waals surface area (Å²) in [5.74, 6) is 0.545. The van der Waals surface area contributed by atoms with E-state index in [9.17, 15) is 9.59 Å². The van der Waals surface area contributed by atoms with Crippen LogP contribution in [0.5, 0.6) is 0 Å². The average molecular weight is 282 g/mol. The molecule has 2 amide bonds. The highest BCUT2D eigenvalue weighted by molar-refractivity contribution is 5.90. The van der Waals surface area contributed by atoms with Crippen LogP contribution >= 0.6 is 0 Å². The molecular formula is C15H26N2O3. The second-order valence-corrected chi connectivity index (χ2v) is 6.96. The fourth-order valence-corrected chi connectivity index (χ4v) is 2.83. The van der Waals surface area contributed by atoms with E-state index in [0.29, 0.717) is 18.9 Å². The van der Waals surface area contributed by atoms with Gasteiger partial charge in [-0.15, -0.1) is 0 Å². The van der Waals surface area contributed by atoms with Crippen LogP contribution in [0.15, 0.2) is 0 Å². The van der Waals surface area contributed by atoms with Crippen LogP contribution in [0.1, 0.15) is 40.0 Å². The van der Waals surface area contributed by atoms with Crippen LogP contribution in [0.3, 0.4) is 0 Å². The highest BCUT2D eigenvalue weighted by Gasteiger charge is 2.38. The van der Waals surface area contributed by atoms with Crippen molar-refractivity contribution in [1.82, 2.24) is 10.2 Å². The summed E-state index contributed by atoms with van der Waals surface area (Å²) in [6.45, 7) is 8.84. The van der Waals surface area contributed by atoms with Crippen LogP contribution in [0.4, 0.5) is 0 Å². The first-order chi connectivity index (χ1) is 9.38. The van der Waals surface area contributed by atoms with Crippen LogP contribution in [-0.4, -0.2) is 49.1 Å². The van der Waals surface area contributed by atoms with Crippen molar-refractivity contribution in [1.29, 1.82) is 0 Å². The maximum absolute atomic E-state index is 12.7. The lowest BCUT2D eigenvalue weighted by Crippen LogP contribution is -2.52. The van der Waals surface area contributed by atoms with E-state index in [1.54, 1.807) is 0 Å². The lowest BCUT2D eigenvalue weighted by atomic mass is 9.85. The van der Waals surface area contributed by atoms with E-state index in [4.69, 9.17) is 4.74 Å². The molecule has 0 aromatic carbocycles. The van der Waals surface area contributed by atoms with Gasteiger partial charge in [0.15, 0.2) is 0 Å². The largest absolute Gasteiger partial charge is 0.381 e. The maximum atomic E-state index is 12.7. The number of nitrogens with one attached hydrogen (secondary N) is 1. The number of amides is 2. The molecule has 114 valence electrons. The molecule has 20 heavy (non-hydrogen) atoms. The molecule has 0 aromatic heterocycles. The molecule has 2 aliphatic heterocycles. The Labute approximate surface area is 121 Å². The highest BCUT2D eigenvalue weighted by Crippen LogP contribution is 2.24. The van der Waals surface area contributed by atoms with E-state index < -0.39 is 6.04 Å². The molecule has 0 aliphatic carbocycles. The summed E-state index contributed by atoms with van der Waals surface area (Å²) in [5.41, 5.74) is -0.259. The van der Waals surface area contributed by atoms with Gasteiger partial charge in [0.25, 0.3) is 0 Å². The van der Waals surface area contributed by atoms with Crippen molar-refractivity contribution in [3.63, 3.8) is 0 Å². The molecular weight excluding hydrogens is 256 g/mol. The van der Waals surface area contributed by atoms with Crippen molar-refractivity contribution in [2.45, 2.75) is 46.1 Å². The van der Waals surface area contributed by atoms with Crippen molar-refractivity contribution in [3.8, 4) is 0 Å². The Bertz CT molecular complexity index is 370. The molecule has 5 nitrogen and oxygen atoms in total. The Morgan fingerprint density at radius 2 is 1.90 bits per heavy atom. The van der Waals surface area contributed by atoms with Gasteiger partial charge in [-0.25, -0.2) is 0 Å². The summed E-state index contributed by atoms with van der Waals surface area (Å²) in [4.78, 5) is 26.4. The monoisotopic (exact) mass is 282 g/mol. The topological polar surface area (TPSA) is 58.6 Å². The first-order valence-corrected chi connectivity index (χ1v) is 7.54.